The number of aromatic nitrogens is 6. The molecule has 1 atom stereocenters. The quantitative estimate of drug-likeness (QED) is 0.143. The van der Waals surface area contributed by atoms with E-state index in [0.29, 0.717) is 23.1 Å². The average molecular weight is 630 g/mol. The van der Waals surface area contributed by atoms with Crippen molar-refractivity contribution < 1.29 is 9.47 Å². The standard InChI is InChI=1S/C38H43N7O2/c1-7-9-14-26(8-2)25-44-32-20-19-27(46-5)23-30(32)38(3,4)34(44)18-13-11-16-29-35(28-15-10-12-17-33(28)47-6)43-45-36(29)41-42-37(45)31-24-39-21-22-40-31/h10-13,15-24,26H,7-9,14,25H2,1-6H3/b13-11+,29-16-,34-18+. The Morgan fingerprint density at radius 3 is 2.53 bits per heavy atom. The minimum atomic E-state index is -0.201. The van der Waals surface area contributed by atoms with Crippen molar-refractivity contribution in [3.05, 3.63) is 95.8 Å². The van der Waals surface area contributed by atoms with Gasteiger partial charge in [-0.2, -0.15) is 9.61 Å². The number of methoxy groups -OCH3 is 2. The predicted octanol–water partition coefficient (Wildman–Crippen LogP) is 7.22. The second kappa shape index (κ2) is 13.7. The SMILES string of the molecule is CCCCC(CC)CN1/C(=C/C=C/C=c2/c(-c3ccccc3OC)nn3c(-c4cnccn4)nnc23)C(C)(C)c2cc(OC)ccc21. The molecule has 5 aromatic rings. The zero-order valence-corrected chi connectivity index (χ0v) is 28.1. The Kier molecular flexibility index (Phi) is 9.33. The lowest BCUT2D eigenvalue weighted by Gasteiger charge is -2.30. The van der Waals surface area contributed by atoms with Crippen molar-refractivity contribution in [1.82, 2.24) is 29.8 Å². The zero-order chi connectivity index (χ0) is 33.0. The highest BCUT2D eigenvalue weighted by Crippen LogP contribution is 2.49. The Balaban J connectivity index is 1.44. The average Bonchev–Trinajstić information content (AvgIpc) is 3.74. The first-order valence-corrected chi connectivity index (χ1v) is 16.4. The molecule has 1 unspecified atom stereocenters. The summed E-state index contributed by atoms with van der Waals surface area (Å²) in [5.74, 6) is 2.75. The van der Waals surface area contributed by atoms with Crippen LogP contribution in [0.4, 0.5) is 5.69 Å². The number of para-hydroxylation sites is 1. The van der Waals surface area contributed by atoms with Crippen LogP contribution < -0.4 is 19.6 Å². The van der Waals surface area contributed by atoms with Crippen LogP contribution in [0.15, 0.2) is 85.0 Å². The Hall–Kier alpha value is -5.05. The lowest BCUT2D eigenvalue weighted by Crippen LogP contribution is -2.30. The van der Waals surface area contributed by atoms with Gasteiger partial charge in [-0.3, -0.25) is 4.98 Å². The number of allylic oxidation sites excluding steroid dienone is 4. The summed E-state index contributed by atoms with van der Waals surface area (Å²) < 4.78 is 13.1. The second-order valence-electron chi connectivity index (χ2n) is 12.5. The Morgan fingerprint density at radius 1 is 0.957 bits per heavy atom. The molecular weight excluding hydrogens is 586 g/mol. The number of anilines is 1. The summed E-state index contributed by atoms with van der Waals surface area (Å²) in [6, 6.07) is 14.4. The van der Waals surface area contributed by atoms with Crippen LogP contribution in [0.1, 0.15) is 58.9 Å². The fourth-order valence-electron chi connectivity index (χ4n) is 6.52. The van der Waals surface area contributed by atoms with E-state index in [-0.39, 0.29) is 5.41 Å². The van der Waals surface area contributed by atoms with Gasteiger partial charge in [-0.1, -0.05) is 71.2 Å². The van der Waals surface area contributed by atoms with Crippen LogP contribution in [-0.2, 0) is 5.41 Å². The van der Waals surface area contributed by atoms with Gasteiger partial charge >= 0.3 is 0 Å². The van der Waals surface area contributed by atoms with Crippen LogP contribution in [0.2, 0.25) is 0 Å². The first-order chi connectivity index (χ1) is 22.9. The van der Waals surface area contributed by atoms with E-state index in [0.717, 1.165) is 40.9 Å². The van der Waals surface area contributed by atoms with E-state index >= 15 is 0 Å². The van der Waals surface area contributed by atoms with Crippen molar-refractivity contribution in [2.45, 2.75) is 58.8 Å². The van der Waals surface area contributed by atoms with Crippen LogP contribution >= 0.6 is 0 Å². The molecular formula is C38H43N7O2. The van der Waals surface area contributed by atoms with Crippen LogP contribution in [0.25, 0.3) is 34.5 Å². The molecule has 0 saturated carbocycles. The molecule has 6 rings (SSSR count). The molecule has 0 fully saturated rings. The van der Waals surface area contributed by atoms with Gasteiger partial charge < -0.3 is 14.4 Å². The lowest BCUT2D eigenvalue weighted by atomic mass is 9.83. The third-order valence-corrected chi connectivity index (χ3v) is 9.20. The van der Waals surface area contributed by atoms with E-state index in [9.17, 15) is 0 Å². The molecule has 0 bridgehead atoms. The molecule has 0 amide bonds. The fraction of sp³-hybridized carbons (Fsp3) is 0.342. The van der Waals surface area contributed by atoms with E-state index < -0.39 is 0 Å². The molecule has 0 aliphatic carbocycles. The molecule has 9 nitrogen and oxygen atoms in total. The van der Waals surface area contributed by atoms with Gasteiger partial charge in [0, 0.05) is 46.5 Å². The minimum Gasteiger partial charge on any atom is -0.497 e. The Labute approximate surface area is 276 Å². The molecule has 1 aliphatic heterocycles. The number of benzene rings is 2. The summed E-state index contributed by atoms with van der Waals surface area (Å²) in [4.78, 5) is 11.2. The van der Waals surface area contributed by atoms with Gasteiger partial charge in [-0.05, 0) is 60.4 Å². The van der Waals surface area contributed by atoms with Gasteiger partial charge in [0.1, 0.15) is 22.9 Å². The van der Waals surface area contributed by atoms with Crippen LogP contribution in [0.3, 0.4) is 0 Å². The molecule has 3 aromatic heterocycles. The van der Waals surface area contributed by atoms with Crippen molar-refractivity contribution >= 4 is 17.4 Å². The van der Waals surface area contributed by atoms with Crippen molar-refractivity contribution in [3.8, 4) is 34.3 Å². The smallest absolute Gasteiger partial charge is 0.205 e. The highest BCUT2D eigenvalue weighted by atomic mass is 16.5. The van der Waals surface area contributed by atoms with Gasteiger partial charge in [0.25, 0.3) is 0 Å². The molecule has 2 aromatic carbocycles. The maximum Gasteiger partial charge on any atom is 0.205 e. The number of nitrogens with zero attached hydrogens (tertiary/aromatic N) is 7. The maximum atomic E-state index is 5.72. The maximum absolute atomic E-state index is 5.72. The van der Waals surface area contributed by atoms with Crippen molar-refractivity contribution in [1.29, 1.82) is 0 Å². The van der Waals surface area contributed by atoms with E-state index in [2.05, 4.69) is 95.3 Å². The van der Waals surface area contributed by atoms with E-state index in [4.69, 9.17) is 14.6 Å². The highest BCUT2D eigenvalue weighted by molar-refractivity contribution is 5.75. The number of hydrogen-bond donors (Lipinski definition) is 0. The van der Waals surface area contributed by atoms with Gasteiger partial charge in [0.05, 0.1) is 20.4 Å². The summed E-state index contributed by atoms with van der Waals surface area (Å²) in [6.45, 7) is 10.2. The topological polar surface area (TPSA) is 90.6 Å². The molecule has 9 heteroatoms. The molecule has 0 saturated heterocycles. The third-order valence-electron chi connectivity index (χ3n) is 9.20. The number of rotatable bonds is 12. The van der Waals surface area contributed by atoms with E-state index in [1.54, 1.807) is 37.3 Å². The second-order valence-corrected chi connectivity index (χ2v) is 12.5. The predicted molar refractivity (Wildman–Crippen MR) is 187 cm³/mol. The Morgan fingerprint density at radius 2 is 1.79 bits per heavy atom. The normalized spacial score (nSPS) is 16.0. The van der Waals surface area contributed by atoms with Crippen molar-refractivity contribution in [2.24, 2.45) is 5.92 Å². The molecule has 0 spiro atoms. The molecule has 47 heavy (non-hydrogen) atoms. The highest BCUT2D eigenvalue weighted by Gasteiger charge is 2.40. The van der Waals surface area contributed by atoms with Gasteiger partial charge in [-0.25, -0.2) is 4.98 Å². The van der Waals surface area contributed by atoms with Crippen molar-refractivity contribution in [3.63, 3.8) is 0 Å². The largest absolute Gasteiger partial charge is 0.497 e. The Bertz CT molecular complexity index is 1960. The van der Waals surface area contributed by atoms with Crippen molar-refractivity contribution in [2.75, 3.05) is 25.7 Å². The monoisotopic (exact) mass is 629 g/mol. The van der Waals surface area contributed by atoms with Gasteiger partial charge in [0.2, 0.25) is 5.82 Å². The van der Waals surface area contributed by atoms with Crippen LogP contribution in [0, 0.1) is 5.92 Å². The zero-order valence-electron chi connectivity index (χ0n) is 28.1. The van der Waals surface area contributed by atoms with E-state index in [1.807, 2.05) is 24.3 Å². The summed E-state index contributed by atoms with van der Waals surface area (Å²) in [5.41, 5.74) is 6.46. The number of ether oxygens (including phenoxy) is 2. The molecule has 0 radical (unpaired) electrons. The van der Waals surface area contributed by atoms with Gasteiger partial charge in [0.15, 0.2) is 5.65 Å². The lowest BCUT2D eigenvalue weighted by molar-refractivity contribution is 0.413. The first kappa shape index (κ1) is 31.9. The van der Waals surface area contributed by atoms with E-state index in [1.165, 1.54) is 36.2 Å². The molecule has 0 N–H and O–H groups in total. The van der Waals surface area contributed by atoms with Crippen LogP contribution in [0.5, 0.6) is 11.5 Å². The van der Waals surface area contributed by atoms with Crippen LogP contribution in [-0.4, -0.2) is 50.5 Å². The number of hydrogen-bond acceptors (Lipinski definition) is 8. The van der Waals surface area contributed by atoms with Gasteiger partial charge in [-0.15, -0.1) is 10.2 Å². The number of unbranched alkanes of at least 4 members (excludes halogenated alkanes) is 1. The molecule has 242 valence electrons. The third kappa shape index (κ3) is 6.10. The summed E-state index contributed by atoms with van der Waals surface area (Å²) in [7, 11) is 3.40. The fourth-order valence-corrected chi connectivity index (χ4v) is 6.52. The summed E-state index contributed by atoms with van der Waals surface area (Å²) >= 11 is 0. The minimum absolute atomic E-state index is 0.201. The first-order valence-electron chi connectivity index (χ1n) is 16.4. The number of fused-ring (bicyclic) bond motifs is 2. The molecule has 1 aliphatic rings. The summed E-state index contributed by atoms with van der Waals surface area (Å²) in [5, 5.41) is 14.8. The molecule has 4 heterocycles. The summed E-state index contributed by atoms with van der Waals surface area (Å²) in [6.07, 6.45) is 18.3.